The normalized spacial score (nSPS) is 12.2. The number of ether oxygens (including phenoxy) is 2. The van der Waals surface area contributed by atoms with Crippen LogP contribution in [-0.4, -0.2) is 44.6 Å². The van der Waals surface area contributed by atoms with Crippen molar-refractivity contribution in [1.82, 2.24) is 0 Å². The number of nitrogens with one attached hydrogen (secondary N) is 1. The fourth-order valence-corrected chi connectivity index (χ4v) is 1.61. The van der Waals surface area contributed by atoms with Gasteiger partial charge < -0.3 is 19.9 Å². The predicted molar refractivity (Wildman–Crippen MR) is 69.3 cm³/mol. The van der Waals surface area contributed by atoms with Gasteiger partial charge in [-0.25, -0.2) is 4.79 Å². The highest BCUT2D eigenvalue weighted by Crippen LogP contribution is 2.17. The van der Waals surface area contributed by atoms with E-state index >= 15 is 0 Å². The molecule has 5 nitrogen and oxygen atoms in total. The molecular formula is C13H19NO4. The van der Waals surface area contributed by atoms with Crippen LogP contribution in [0.5, 0.6) is 0 Å². The molecule has 5 heteroatoms. The van der Waals surface area contributed by atoms with Gasteiger partial charge in [0.05, 0.1) is 18.3 Å². The summed E-state index contributed by atoms with van der Waals surface area (Å²) >= 11 is 0. The van der Waals surface area contributed by atoms with E-state index in [9.17, 15) is 4.79 Å². The number of hydrogen-bond acceptors (Lipinski definition) is 4. The minimum absolute atomic E-state index is 0.114. The summed E-state index contributed by atoms with van der Waals surface area (Å²) in [4.78, 5) is 11.1. The lowest BCUT2D eigenvalue weighted by molar-refractivity contribution is 0.0365. The summed E-state index contributed by atoms with van der Waals surface area (Å²) in [6, 6.07) is 5.18. The fraction of sp³-hybridized carbons (Fsp3) is 0.462. The van der Waals surface area contributed by atoms with Crippen molar-refractivity contribution >= 4 is 11.7 Å². The number of rotatable bonds is 7. The van der Waals surface area contributed by atoms with Crippen LogP contribution >= 0.6 is 0 Å². The lowest BCUT2D eigenvalue weighted by atomic mass is 10.1. The number of aromatic carboxylic acids is 1. The molecule has 1 aromatic rings. The van der Waals surface area contributed by atoms with Crippen molar-refractivity contribution in [3.63, 3.8) is 0 Å². The third kappa shape index (κ3) is 4.01. The van der Waals surface area contributed by atoms with Gasteiger partial charge in [0, 0.05) is 26.5 Å². The maximum Gasteiger partial charge on any atom is 0.337 e. The minimum Gasteiger partial charge on any atom is -0.478 e. The van der Waals surface area contributed by atoms with Crippen LogP contribution in [0.3, 0.4) is 0 Å². The molecule has 0 aliphatic rings. The Labute approximate surface area is 107 Å². The van der Waals surface area contributed by atoms with Crippen LogP contribution in [0.25, 0.3) is 0 Å². The van der Waals surface area contributed by atoms with Gasteiger partial charge in [-0.1, -0.05) is 6.07 Å². The molecule has 0 aliphatic carbocycles. The monoisotopic (exact) mass is 253 g/mol. The highest BCUT2D eigenvalue weighted by Gasteiger charge is 2.12. The summed E-state index contributed by atoms with van der Waals surface area (Å²) in [6.45, 7) is 2.87. The van der Waals surface area contributed by atoms with Gasteiger partial charge in [-0.3, -0.25) is 0 Å². The fourth-order valence-electron chi connectivity index (χ4n) is 1.61. The highest BCUT2D eigenvalue weighted by atomic mass is 16.5. The summed E-state index contributed by atoms with van der Waals surface area (Å²) in [5, 5.41) is 12.2. The Balaban J connectivity index is 2.76. The summed E-state index contributed by atoms with van der Waals surface area (Å²) in [5.74, 6) is -0.946. The topological polar surface area (TPSA) is 67.8 Å². The second-order valence-electron chi connectivity index (χ2n) is 4.05. The van der Waals surface area contributed by atoms with Crippen LogP contribution in [0.1, 0.15) is 15.9 Å². The first-order valence-electron chi connectivity index (χ1n) is 5.68. The molecule has 0 amide bonds. The Bertz CT molecular complexity index is 406. The molecule has 1 unspecified atom stereocenters. The van der Waals surface area contributed by atoms with Gasteiger partial charge in [-0.15, -0.1) is 0 Å². The van der Waals surface area contributed by atoms with E-state index in [1.807, 2.05) is 13.0 Å². The first kappa shape index (κ1) is 14.5. The van der Waals surface area contributed by atoms with Crippen LogP contribution in [-0.2, 0) is 9.47 Å². The minimum atomic E-state index is -0.946. The average Bonchev–Trinajstić information content (AvgIpc) is 2.34. The molecule has 0 bridgehead atoms. The third-order valence-electron chi connectivity index (χ3n) is 2.61. The van der Waals surface area contributed by atoms with Gasteiger partial charge in [-0.2, -0.15) is 0 Å². The number of anilines is 1. The Morgan fingerprint density at radius 1 is 1.44 bits per heavy atom. The molecule has 100 valence electrons. The van der Waals surface area contributed by atoms with E-state index in [4.69, 9.17) is 14.6 Å². The predicted octanol–water partition coefficient (Wildman–Crippen LogP) is 1.77. The number of carboxylic acid groups (broad SMARTS) is 1. The van der Waals surface area contributed by atoms with Crippen LogP contribution < -0.4 is 5.32 Å². The van der Waals surface area contributed by atoms with Crippen LogP contribution in [0.15, 0.2) is 18.2 Å². The Morgan fingerprint density at radius 2 is 2.17 bits per heavy atom. The number of carbonyl (C=O) groups is 1. The van der Waals surface area contributed by atoms with E-state index in [2.05, 4.69) is 5.32 Å². The molecule has 1 atom stereocenters. The maximum absolute atomic E-state index is 11.1. The van der Waals surface area contributed by atoms with Gasteiger partial charge in [0.1, 0.15) is 0 Å². The standard InChI is InChI=1S/C13H19NO4/c1-9-4-5-11(13(15)16)12(6-9)14-7-10(18-3)8-17-2/h4-6,10,14H,7-8H2,1-3H3,(H,15,16). The first-order chi connectivity index (χ1) is 8.58. The van der Waals surface area contributed by atoms with Gasteiger partial charge in [0.15, 0.2) is 0 Å². The number of hydrogen-bond donors (Lipinski definition) is 2. The molecular weight excluding hydrogens is 234 g/mol. The van der Waals surface area contributed by atoms with Gasteiger partial charge >= 0.3 is 5.97 Å². The zero-order valence-electron chi connectivity index (χ0n) is 10.9. The van der Waals surface area contributed by atoms with Gasteiger partial charge in [0.25, 0.3) is 0 Å². The van der Waals surface area contributed by atoms with E-state index in [1.165, 1.54) is 0 Å². The van der Waals surface area contributed by atoms with Crippen LogP contribution in [0, 0.1) is 6.92 Å². The molecule has 0 aliphatic heterocycles. The van der Waals surface area contributed by atoms with E-state index < -0.39 is 5.97 Å². The zero-order valence-corrected chi connectivity index (χ0v) is 10.9. The Morgan fingerprint density at radius 3 is 2.72 bits per heavy atom. The van der Waals surface area contributed by atoms with Crippen molar-refractivity contribution in [2.75, 3.05) is 32.7 Å². The van der Waals surface area contributed by atoms with Gasteiger partial charge in [0.2, 0.25) is 0 Å². The molecule has 0 saturated heterocycles. The molecule has 1 rings (SSSR count). The summed E-state index contributed by atoms with van der Waals surface area (Å²) in [7, 11) is 3.20. The van der Waals surface area contributed by atoms with Gasteiger partial charge in [-0.05, 0) is 24.6 Å². The van der Waals surface area contributed by atoms with Crippen molar-refractivity contribution in [3.8, 4) is 0 Å². The molecule has 0 aromatic heterocycles. The van der Waals surface area contributed by atoms with E-state index in [0.29, 0.717) is 18.8 Å². The highest BCUT2D eigenvalue weighted by molar-refractivity contribution is 5.94. The van der Waals surface area contributed by atoms with Crippen LogP contribution in [0.4, 0.5) is 5.69 Å². The molecule has 18 heavy (non-hydrogen) atoms. The Hall–Kier alpha value is -1.59. The van der Waals surface area contributed by atoms with E-state index in [0.717, 1.165) is 5.56 Å². The maximum atomic E-state index is 11.1. The van der Waals surface area contributed by atoms with Crippen molar-refractivity contribution < 1.29 is 19.4 Å². The third-order valence-corrected chi connectivity index (χ3v) is 2.61. The molecule has 0 saturated carbocycles. The number of aryl methyl sites for hydroxylation is 1. The van der Waals surface area contributed by atoms with Crippen molar-refractivity contribution in [1.29, 1.82) is 0 Å². The molecule has 0 radical (unpaired) electrons. The summed E-state index contributed by atoms with van der Waals surface area (Å²) in [5.41, 5.74) is 1.86. The average molecular weight is 253 g/mol. The summed E-state index contributed by atoms with van der Waals surface area (Å²) < 4.78 is 10.2. The lowest BCUT2D eigenvalue weighted by Crippen LogP contribution is -2.27. The zero-order chi connectivity index (χ0) is 13.5. The second kappa shape index (κ2) is 6.98. The van der Waals surface area contributed by atoms with E-state index in [1.54, 1.807) is 26.4 Å². The SMILES string of the molecule is COCC(CNc1cc(C)ccc1C(=O)O)OC. The Kier molecular flexibility index (Phi) is 5.61. The molecule has 0 spiro atoms. The van der Waals surface area contributed by atoms with Crippen molar-refractivity contribution in [2.24, 2.45) is 0 Å². The van der Waals surface area contributed by atoms with Crippen LogP contribution in [0.2, 0.25) is 0 Å². The molecule has 0 heterocycles. The van der Waals surface area contributed by atoms with Crippen molar-refractivity contribution in [2.45, 2.75) is 13.0 Å². The molecule has 2 N–H and O–H groups in total. The quantitative estimate of drug-likeness (QED) is 0.775. The van der Waals surface area contributed by atoms with Crippen molar-refractivity contribution in [3.05, 3.63) is 29.3 Å². The molecule has 0 fully saturated rings. The smallest absolute Gasteiger partial charge is 0.337 e. The number of carboxylic acids is 1. The largest absolute Gasteiger partial charge is 0.478 e. The summed E-state index contributed by atoms with van der Waals surface area (Å²) in [6.07, 6.45) is -0.114. The first-order valence-corrected chi connectivity index (χ1v) is 5.68. The molecule has 1 aromatic carbocycles. The second-order valence-corrected chi connectivity index (χ2v) is 4.05. The lowest BCUT2D eigenvalue weighted by Gasteiger charge is -2.17. The number of benzene rings is 1. The number of methoxy groups -OCH3 is 2. The van der Waals surface area contributed by atoms with E-state index in [-0.39, 0.29) is 11.7 Å².